The van der Waals surface area contributed by atoms with Crippen LogP contribution in [0.25, 0.3) is 0 Å². The van der Waals surface area contributed by atoms with Gasteiger partial charge in [-0.15, -0.1) is 0 Å². The Bertz CT molecular complexity index is 378. The number of carbonyl (C=O) groups is 1. The lowest BCUT2D eigenvalue weighted by Crippen LogP contribution is -2.39. The average Bonchev–Trinajstić information content (AvgIpc) is 2.43. The Labute approximate surface area is 116 Å². The van der Waals surface area contributed by atoms with Crippen LogP contribution in [0.1, 0.15) is 20.3 Å². The van der Waals surface area contributed by atoms with Crippen LogP contribution in [0.15, 0.2) is 30.3 Å². The van der Waals surface area contributed by atoms with Crippen LogP contribution in [-0.4, -0.2) is 32.1 Å². The molecule has 0 saturated carbocycles. The van der Waals surface area contributed by atoms with Gasteiger partial charge in [-0.05, 0) is 25.5 Å². The van der Waals surface area contributed by atoms with E-state index in [1.165, 1.54) is 5.69 Å². The van der Waals surface area contributed by atoms with Crippen LogP contribution < -0.4 is 16.0 Å². The summed E-state index contributed by atoms with van der Waals surface area (Å²) in [4.78, 5) is 13.9. The molecule has 4 heteroatoms. The topological polar surface area (TPSA) is 58.4 Å². The first kappa shape index (κ1) is 15.5. The van der Waals surface area contributed by atoms with Crippen molar-refractivity contribution in [3.05, 3.63) is 30.3 Å². The molecule has 1 aromatic rings. The predicted octanol–water partition coefficient (Wildman–Crippen LogP) is 1.61. The highest BCUT2D eigenvalue weighted by Gasteiger charge is 2.15. The van der Waals surface area contributed by atoms with Crippen LogP contribution in [-0.2, 0) is 4.79 Å². The molecule has 1 rings (SSSR count). The molecule has 2 unspecified atom stereocenters. The lowest BCUT2D eigenvalue weighted by atomic mass is 10.0. The van der Waals surface area contributed by atoms with Crippen LogP contribution in [0.2, 0.25) is 0 Å². The summed E-state index contributed by atoms with van der Waals surface area (Å²) in [6.07, 6.45) is 0.919. The summed E-state index contributed by atoms with van der Waals surface area (Å²) in [6.45, 7) is 5.31. The van der Waals surface area contributed by atoms with E-state index in [9.17, 15) is 4.79 Å². The standard InChI is InChI=1S/C15H25N3O/c1-12(13(2)16)15(19)17-10-7-11-18(3)14-8-5-4-6-9-14/h4-6,8-9,12-13H,7,10-11,16H2,1-3H3,(H,17,19). The zero-order valence-electron chi connectivity index (χ0n) is 12.1. The fourth-order valence-electron chi connectivity index (χ4n) is 1.74. The van der Waals surface area contributed by atoms with Crippen molar-refractivity contribution in [2.75, 3.05) is 25.0 Å². The first-order valence-corrected chi connectivity index (χ1v) is 6.82. The minimum Gasteiger partial charge on any atom is -0.375 e. The molecule has 0 aliphatic carbocycles. The van der Waals surface area contributed by atoms with Gasteiger partial charge in [-0.1, -0.05) is 25.1 Å². The Morgan fingerprint density at radius 2 is 1.95 bits per heavy atom. The maximum atomic E-state index is 11.7. The highest BCUT2D eigenvalue weighted by atomic mass is 16.1. The third-order valence-corrected chi connectivity index (χ3v) is 3.37. The van der Waals surface area contributed by atoms with Crippen molar-refractivity contribution < 1.29 is 4.79 Å². The van der Waals surface area contributed by atoms with Gasteiger partial charge in [0.05, 0.1) is 0 Å². The highest BCUT2D eigenvalue weighted by molar-refractivity contribution is 5.78. The summed E-state index contributed by atoms with van der Waals surface area (Å²) in [5.41, 5.74) is 6.89. The van der Waals surface area contributed by atoms with E-state index in [1.54, 1.807) is 0 Å². The van der Waals surface area contributed by atoms with Crippen LogP contribution in [0.5, 0.6) is 0 Å². The SMILES string of the molecule is CC(N)C(C)C(=O)NCCCN(C)c1ccccc1. The second-order valence-corrected chi connectivity index (χ2v) is 5.05. The van der Waals surface area contributed by atoms with Gasteiger partial charge >= 0.3 is 0 Å². The number of hydrogen-bond acceptors (Lipinski definition) is 3. The van der Waals surface area contributed by atoms with E-state index < -0.39 is 0 Å². The van der Waals surface area contributed by atoms with Gasteiger partial charge in [0.25, 0.3) is 0 Å². The molecule has 106 valence electrons. The molecule has 0 heterocycles. The quantitative estimate of drug-likeness (QED) is 0.735. The van der Waals surface area contributed by atoms with Gasteiger partial charge in [0.1, 0.15) is 0 Å². The molecule has 4 nitrogen and oxygen atoms in total. The van der Waals surface area contributed by atoms with E-state index in [2.05, 4.69) is 29.4 Å². The molecule has 1 aromatic carbocycles. The fraction of sp³-hybridized carbons (Fsp3) is 0.533. The number of carbonyl (C=O) groups excluding carboxylic acids is 1. The summed E-state index contributed by atoms with van der Waals surface area (Å²) >= 11 is 0. The van der Waals surface area contributed by atoms with Crippen LogP contribution >= 0.6 is 0 Å². The van der Waals surface area contributed by atoms with Gasteiger partial charge in [0.2, 0.25) is 5.91 Å². The minimum absolute atomic E-state index is 0.0392. The van der Waals surface area contributed by atoms with E-state index in [-0.39, 0.29) is 17.9 Å². The van der Waals surface area contributed by atoms with Crippen molar-refractivity contribution >= 4 is 11.6 Å². The van der Waals surface area contributed by atoms with E-state index in [1.807, 2.05) is 32.0 Å². The molecule has 0 radical (unpaired) electrons. The number of anilines is 1. The average molecular weight is 263 g/mol. The van der Waals surface area contributed by atoms with Crippen molar-refractivity contribution in [1.82, 2.24) is 5.32 Å². The first-order chi connectivity index (χ1) is 9.02. The number of rotatable bonds is 7. The molecule has 0 aliphatic heterocycles. The molecule has 0 spiro atoms. The van der Waals surface area contributed by atoms with Crippen molar-refractivity contribution in [3.8, 4) is 0 Å². The van der Waals surface area contributed by atoms with Crippen molar-refractivity contribution in [3.63, 3.8) is 0 Å². The molecule has 1 amide bonds. The number of nitrogens with zero attached hydrogens (tertiary/aromatic N) is 1. The Morgan fingerprint density at radius 1 is 1.32 bits per heavy atom. The Balaban J connectivity index is 2.23. The van der Waals surface area contributed by atoms with Gasteiger partial charge < -0.3 is 16.0 Å². The van der Waals surface area contributed by atoms with E-state index in [0.29, 0.717) is 6.54 Å². The number of amides is 1. The maximum Gasteiger partial charge on any atom is 0.224 e. The number of nitrogens with two attached hydrogens (primary N) is 1. The van der Waals surface area contributed by atoms with Gasteiger partial charge in [0, 0.05) is 37.8 Å². The molecule has 19 heavy (non-hydrogen) atoms. The van der Waals surface area contributed by atoms with Gasteiger partial charge in [-0.25, -0.2) is 0 Å². The summed E-state index contributed by atoms with van der Waals surface area (Å²) < 4.78 is 0. The van der Waals surface area contributed by atoms with E-state index in [0.717, 1.165) is 13.0 Å². The summed E-state index contributed by atoms with van der Waals surface area (Å²) in [5, 5.41) is 2.92. The number of para-hydroxylation sites is 1. The number of benzene rings is 1. The lowest BCUT2D eigenvalue weighted by Gasteiger charge is -2.20. The molecule has 0 bridgehead atoms. The Kier molecular flexibility index (Phi) is 6.36. The summed E-state index contributed by atoms with van der Waals surface area (Å²) in [5.74, 6) is -0.0933. The second kappa shape index (κ2) is 7.79. The first-order valence-electron chi connectivity index (χ1n) is 6.82. The Hall–Kier alpha value is -1.55. The number of nitrogens with one attached hydrogen (secondary N) is 1. The Morgan fingerprint density at radius 3 is 2.53 bits per heavy atom. The molecular weight excluding hydrogens is 238 g/mol. The third-order valence-electron chi connectivity index (χ3n) is 3.37. The predicted molar refractivity (Wildman–Crippen MR) is 80.2 cm³/mol. The van der Waals surface area contributed by atoms with Gasteiger partial charge in [-0.2, -0.15) is 0 Å². The monoisotopic (exact) mass is 263 g/mol. The van der Waals surface area contributed by atoms with Crippen LogP contribution in [0.3, 0.4) is 0 Å². The van der Waals surface area contributed by atoms with Gasteiger partial charge in [-0.3, -0.25) is 4.79 Å². The number of hydrogen-bond donors (Lipinski definition) is 2. The molecule has 0 saturated heterocycles. The molecule has 0 fully saturated rings. The molecular formula is C15H25N3O. The van der Waals surface area contributed by atoms with Crippen LogP contribution in [0, 0.1) is 5.92 Å². The lowest BCUT2D eigenvalue weighted by molar-refractivity contribution is -0.124. The van der Waals surface area contributed by atoms with Gasteiger partial charge in [0.15, 0.2) is 0 Å². The molecule has 0 aromatic heterocycles. The zero-order chi connectivity index (χ0) is 14.3. The van der Waals surface area contributed by atoms with E-state index in [4.69, 9.17) is 5.73 Å². The second-order valence-electron chi connectivity index (χ2n) is 5.05. The molecule has 2 atom stereocenters. The summed E-state index contributed by atoms with van der Waals surface area (Å²) in [6, 6.07) is 10.1. The normalized spacial score (nSPS) is 13.7. The van der Waals surface area contributed by atoms with Crippen molar-refractivity contribution in [1.29, 1.82) is 0 Å². The highest BCUT2D eigenvalue weighted by Crippen LogP contribution is 2.10. The third kappa shape index (κ3) is 5.30. The minimum atomic E-state index is -0.133. The smallest absolute Gasteiger partial charge is 0.224 e. The van der Waals surface area contributed by atoms with Crippen LogP contribution in [0.4, 0.5) is 5.69 Å². The van der Waals surface area contributed by atoms with Crippen molar-refractivity contribution in [2.45, 2.75) is 26.3 Å². The molecule has 3 N–H and O–H groups in total. The van der Waals surface area contributed by atoms with E-state index >= 15 is 0 Å². The van der Waals surface area contributed by atoms with Crippen molar-refractivity contribution in [2.24, 2.45) is 11.7 Å². The summed E-state index contributed by atoms with van der Waals surface area (Å²) in [7, 11) is 2.06. The molecule has 0 aliphatic rings. The maximum absolute atomic E-state index is 11.7. The fourth-order valence-corrected chi connectivity index (χ4v) is 1.74. The largest absolute Gasteiger partial charge is 0.375 e. The zero-order valence-corrected chi connectivity index (χ0v) is 12.1.